The second-order valence-corrected chi connectivity index (χ2v) is 11.3. The summed E-state index contributed by atoms with van der Waals surface area (Å²) >= 11 is 0. The Labute approximate surface area is 270 Å². The van der Waals surface area contributed by atoms with Crippen LogP contribution < -0.4 is 26.0 Å². The van der Waals surface area contributed by atoms with Gasteiger partial charge in [0.15, 0.2) is 0 Å². The number of nitrogens with zero attached hydrogens (tertiary/aromatic N) is 2. The molecule has 0 aromatic heterocycles. The van der Waals surface area contributed by atoms with Crippen LogP contribution in [0.25, 0.3) is 0 Å². The number of para-hydroxylation sites is 1. The van der Waals surface area contributed by atoms with Gasteiger partial charge in [0.1, 0.15) is 5.75 Å². The number of aliphatic carboxylic acids is 1. The Morgan fingerprint density at radius 2 is 1.76 bits per heavy atom. The summed E-state index contributed by atoms with van der Waals surface area (Å²) in [6.45, 7) is 5.86. The summed E-state index contributed by atoms with van der Waals surface area (Å²) in [6, 6.07) is 11.5. The maximum Gasteiger partial charge on any atom is 0.323 e. The molecule has 0 saturated carbocycles. The molecule has 6 amide bonds. The molecule has 13 heteroatoms. The van der Waals surface area contributed by atoms with Crippen LogP contribution in [0.4, 0.5) is 21.0 Å². The van der Waals surface area contributed by atoms with E-state index in [1.165, 1.54) is 12.0 Å². The van der Waals surface area contributed by atoms with E-state index in [-0.39, 0.29) is 30.7 Å². The SMILES string of the molecule is COc1cc(CCC(=O)NCCCNC(=O)N(CCCN2CCCC2=O)C(C)CC(=O)O)ccc1NC(=O)Nc1ccccc1C. The standard InChI is InChI=1S/C33H46N6O7/c1-23-9-4-5-10-26(23)36-32(44)37-27-14-12-25(22-28(27)46-3)13-15-29(40)34-16-7-17-35-33(45)39(24(2)21-31(42)43)20-8-19-38-18-6-11-30(38)41/h4-5,9-10,12,14,22,24H,6-8,11,13,15-21H2,1-3H3,(H,34,40)(H,35,45)(H,42,43)(H2,36,37,44). The Kier molecular flexibility index (Phi) is 14.1. The number of hydrogen-bond donors (Lipinski definition) is 5. The van der Waals surface area contributed by atoms with E-state index in [1.54, 1.807) is 24.0 Å². The average Bonchev–Trinajstić information content (AvgIpc) is 3.43. The highest BCUT2D eigenvalue weighted by Crippen LogP contribution is 2.26. The number of carboxylic acids is 1. The van der Waals surface area contributed by atoms with Gasteiger partial charge in [0.05, 0.1) is 19.2 Å². The molecule has 3 rings (SSSR count). The van der Waals surface area contributed by atoms with E-state index < -0.39 is 18.0 Å². The van der Waals surface area contributed by atoms with E-state index in [1.807, 2.05) is 37.3 Å². The number of aryl methyl sites for hydroxylation is 2. The van der Waals surface area contributed by atoms with E-state index in [4.69, 9.17) is 4.74 Å². The number of carbonyl (C=O) groups excluding carboxylic acids is 4. The molecule has 1 fully saturated rings. The van der Waals surface area contributed by atoms with Crippen LogP contribution in [0.15, 0.2) is 42.5 Å². The zero-order chi connectivity index (χ0) is 33.5. The molecule has 2 aromatic rings. The number of amides is 6. The van der Waals surface area contributed by atoms with E-state index in [0.717, 1.165) is 24.1 Å². The molecule has 0 spiro atoms. The molecule has 46 heavy (non-hydrogen) atoms. The number of carbonyl (C=O) groups is 5. The molecule has 0 bridgehead atoms. The van der Waals surface area contributed by atoms with Crippen molar-refractivity contribution in [3.8, 4) is 5.75 Å². The maximum atomic E-state index is 12.9. The predicted molar refractivity (Wildman–Crippen MR) is 175 cm³/mol. The molecule has 1 aliphatic heterocycles. The lowest BCUT2D eigenvalue weighted by Crippen LogP contribution is -2.47. The number of anilines is 2. The van der Waals surface area contributed by atoms with Crippen molar-refractivity contribution in [1.29, 1.82) is 0 Å². The molecule has 250 valence electrons. The van der Waals surface area contributed by atoms with Crippen LogP contribution in [0.2, 0.25) is 0 Å². The van der Waals surface area contributed by atoms with Gasteiger partial charge < -0.3 is 40.9 Å². The fourth-order valence-electron chi connectivity index (χ4n) is 5.20. The van der Waals surface area contributed by atoms with Crippen LogP contribution in [0.5, 0.6) is 5.75 Å². The summed E-state index contributed by atoms with van der Waals surface area (Å²) in [5.41, 5.74) is 3.02. The van der Waals surface area contributed by atoms with Crippen molar-refractivity contribution in [2.75, 3.05) is 50.5 Å². The maximum absolute atomic E-state index is 12.9. The molecule has 5 N–H and O–H groups in total. The van der Waals surface area contributed by atoms with Gasteiger partial charge in [-0.25, -0.2) is 9.59 Å². The second kappa shape index (κ2) is 18.2. The number of carboxylic acid groups (broad SMARTS) is 1. The van der Waals surface area contributed by atoms with Crippen LogP contribution in [-0.2, 0) is 20.8 Å². The van der Waals surface area contributed by atoms with Crippen LogP contribution >= 0.6 is 0 Å². The fourth-order valence-corrected chi connectivity index (χ4v) is 5.20. The van der Waals surface area contributed by atoms with Gasteiger partial charge in [-0.15, -0.1) is 0 Å². The lowest BCUT2D eigenvalue weighted by Gasteiger charge is -2.29. The highest BCUT2D eigenvalue weighted by atomic mass is 16.5. The van der Waals surface area contributed by atoms with Crippen molar-refractivity contribution >= 4 is 41.2 Å². The second-order valence-electron chi connectivity index (χ2n) is 11.3. The van der Waals surface area contributed by atoms with Crippen molar-refractivity contribution in [1.82, 2.24) is 20.4 Å². The number of benzene rings is 2. The van der Waals surface area contributed by atoms with Gasteiger partial charge >= 0.3 is 18.0 Å². The van der Waals surface area contributed by atoms with Gasteiger partial charge in [-0.1, -0.05) is 24.3 Å². The van der Waals surface area contributed by atoms with Gasteiger partial charge in [0.25, 0.3) is 0 Å². The lowest BCUT2D eigenvalue weighted by molar-refractivity contribution is -0.138. The number of likely N-dealkylation sites (tertiary alicyclic amines) is 1. The van der Waals surface area contributed by atoms with Gasteiger partial charge in [-0.2, -0.15) is 0 Å². The number of rotatable bonds is 17. The third-order valence-corrected chi connectivity index (χ3v) is 7.76. The largest absolute Gasteiger partial charge is 0.495 e. The average molecular weight is 639 g/mol. The molecule has 1 heterocycles. The van der Waals surface area contributed by atoms with Crippen LogP contribution in [0.3, 0.4) is 0 Å². The smallest absolute Gasteiger partial charge is 0.323 e. The lowest BCUT2D eigenvalue weighted by atomic mass is 10.1. The number of urea groups is 2. The van der Waals surface area contributed by atoms with Crippen molar-refractivity contribution in [2.24, 2.45) is 0 Å². The molecule has 1 atom stereocenters. The van der Waals surface area contributed by atoms with Gasteiger partial charge in [-0.3, -0.25) is 14.4 Å². The number of ether oxygens (including phenoxy) is 1. The van der Waals surface area contributed by atoms with Crippen molar-refractivity contribution in [2.45, 2.75) is 64.8 Å². The molecule has 0 radical (unpaired) electrons. The first kappa shape index (κ1) is 35.7. The van der Waals surface area contributed by atoms with Crippen molar-refractivity contribution < 1.29 is 33.8 Å². The Morgan fingerprint density at radius 3 is 2.46 bits per heavy atom. The van der Waals surface area contributed by atoms with E-state index in [0.29, 0.717) is 69.0 Å². The first-order valence-corrected chi connectivity index (χ1v) is 15.7. The molecule has 2 aromatic carbocycles. The molecular weight excluding hydrogens is 592 g/mol. The van der Waals surface area contributed by atoms with Crippen LogP contribution in [0, 0.1) is 6.92 Å². The molecule has 1 unspecified atom stereocenters. The molecule has 1 saturated heterocycles. The zero-order valence-electron chi connectivity index (χ0n) is 26.9. The first-order chi connectivity index (χ1) is 22.1. The fraction of sp³-hybridized carbons (Fsp3) is 0.485. The summed E-state index contributed by atoms with van der Waals surface area (Å²) in [5.74, 6) is -0.541. The topological polar surface area (TPSA) is 169 Å². The molecule has 1 aliphatic rings. The highest BCUT2D eigenvalue weighted by Gasteiger charge is 2.24. The normalized spacial score (nSPS) is 13.1. The van der Waals surface area contributed by atoms with Gasteiger partial charge in [0.2, 0.25) is 11.8 Å². The Hall–Kier alpha value is -4.81. The van der Waals surface area contributed by atoms with Crippen LogP contribution in [0.1, 0.15) is 56.6 Å². The number of hydrogen-bond acceptors (Lipinski definition) is 6. The highest BCUT2D eigenvalue weighted by molar-refractivity contribution is 6.01. The Bertz CT molecular complexity index is 1370. The predicted octanol–water partition coefficient (Wildman–Crippen LogP) is 3.97. The number of nitrogens with one attached hydrogen (secondary N) is 4. The summed E-state index contributed by atoms with van der Waals surface area (Å²) in [5, 5.41) is 20.5. The first-order valence-electron chi connectivity index (χ1n) is 15.7. The minimum absolute atomic E-state index is 0.113. The third kappa shape index (κ3) is 11.6. The van der Waals surface area contributed by atoms with Crippen molar-refractivity contribution in [3.63, 3.8) is 0 Å². The Balaban J connectivity index is 1.38. The third-order valence-electron chi connectivity index (χ3n) is 7.76. The molecule has 13 nitrogen and oxygen atoms in total. The van der Waals surface area contributed by atoms with Gasteiger partial charge in [-0.05, 0) is 68.9 Å². The monoisotopic (exact) mass is 638 g/mol. The van der Waals surface area contributed by atoms with Crippen molar-refractivity contribution in [3.05, 3.63) is 53.6 Å². The minimum Gasteiger partial charge on any atom is -0.495 e. The van der Waals surface area contributed by atoms with E-state index in [2.05, 4.69) is 21.3 Å². The minimum atomic E-state index is -0.991. The van der Waals surface area contributed by atoms with Gasteiger partial charge in [0, 0.05) is 57.3 Å². The van der Waals surface area contributed by atoms with E-state index >= 15 is 0 Å². The zero-order valence-corrected chi connectivity index (χ0v) is 26.9. The molecular formula is C33H46N6O7. The van der Waals surface area contributed by atoms with Crippen LogP contribution in [-0.4, -0.2) is 90.6 Å². The summed E-state index contributed by atoms with van der Waals surface area (Å²) < 4.78 is 5.45. The summed E-state index contributed by atoms with van der Waals surface area (Å²) in [4.78, 5) is 64.2. The quantitative estimate of drug-likeness (QED) is 0.163. The summed E-state index contributed by atoms with van der Waals surface area (Å²) in [6.07, 6.45) is 2.98. The Morgan fingerprint density at radius 1 is 1.02 bits per heavy atom. The summed E-state index contributed by atoms with van der Waals surface area (Å²) in [7, 11) is 1.51. The number of methoxy groups -OCH3 is 1. The molecule has 0 aliphatic carbocycles. The van der Waals surface area contributed by atoms with E-state index in [9.17, 15) is 29.1 Å².